The highest BCUT2D eigenvalue weighted by atomic mass is 32.2. The minimum atomic E-state index is -4.29. The molecule has 3 aliphatic rings. The quantitative estimate of drug-likeness (QED) is 0.204. The molecule has 5 atom stereocenters. The topological polar surface area (TPSA) is 162 Å². The number of ether oxygens (including phenoxy) is 4. The number of hydroxylamine groups is 1. The minimum absolute atomic E-state index is 0.0634. The number of fused-ring (bicyclic) bond motifs is 1. The van der Waals surface area contributed by atoms with Gasteiger partial charge in [0.2, 0.25) is 0 Å². The summed E-state index contributed by atoms with van der Waals surface area (Å²) >= 11 is 0. The molecule has 0 spiro atoms. The number of benzene rings is 2. The van der Waals surface area contributed by atoms with Gasteiger partial charge in [-0.15, -0.1) is 0 Å². The number of aliphatic hydroxyl groups is 1. The normalized spacial score (nSPS) is 23.0. The molecule has 0 unspecified atom stereocenters. The molecule has 2 saturated heterocycles. The van der Waals surface area contributed by atoms with Crippen molar-refractivity contribution in [1.82, 2.24) is 9.79 Å². The maximum absolute atomic E-state index is 14.0. The molecule has 13 nitrogen and oxygen atoms in total. The number of carbonyl (C=O) groups is 2. The number of anilines is 1. The molecule has 1 amide bonds. The number of rotatable bonds is 14. The lowest BCUT2D eigenvalue weighted by Crippen LogP contribution is -2.51. The van der Waals surface area contributed by atoms with Crippen LogP contribution in [0, 0.1) is 5.92 Å². The summed E-state index contributed by atoms with van der Waals surface area (Å²) in [4.78, 5) is 30.6. The van der Waals surface area contributed by atoms with E-state index in [0.29, 0.717) is 31.6 Å². The molecule has 3 N–H and O–H groups in total. The van der Waals surface area contributed by atoms with Gasteiger partial charge in [-0.1, -0.05) is 53.7 Å². The molecule has 5 rings (SSSR count). The van der Waals surface area contributed by atoms with Crippen LogP contribution in [0.5, 0.6) is 0 Å². The molecule has 1 saturated carbocycles. The van der Waals surface area contributed by atoms with Gasteiger partial charge < -0.3 is 34.7 Å². The molecule has 2 aromatic carbocycles. The molecule has 3 fully saturated rings. The summed E-state index contributed by atoms with van der Waals surface area (Å²) in [5, 5.41) is 17.2. The molecule has 14 heteroatoms. The van der Waals surface area contributed by atoms with Crippen LogP contribution in [-0.2, 0) is 45.0 Å². The van der Waals surface area contributed by atoms with Crippen molar-refractivity contribution in [2.24, 2.45) is 5.92 Å². The van der Waals surface area contributed by atoms with Crippen LogP contribution in [0.25, 0.3) is 0 Å². The molecule has 2 heterocycles. The van der Waals surface area contributed by atoms with Gasteiger partial charge in [-0.2, -0.15) is 0 Å². The summed E-state index contributed by atoms with van der Waals surface area (Å²) in [7, 11) is -3.03. The zero-order valence-electron chi connectivity index (χ0n) is 25.2. The Morgan fingerprint density at radius 2 is 1.84 bits per heavy atom. The smallest absolute Gasteiger partial charge is 0.407 e. The first-order valence-corrected chi connectivity index (χ1v) is 16.7. The summed E-state index contributed by atoms with van der Waals surface area (Å²) in [6, 6.07) is 14.3. The lowest BCUT2D eigenvalue weighted by Gasteiger charge is -2.31. The van der Waals surface area contributed by atoms with Crippen LogP contribution in [0.15, 0.2) is 59.5 Å². The molecule has 246 valence electrons. The third-order valence-corrected chi connectivity index (χ3v) is 9.90. The van der Waals surface area contributed by atoms with E-state index in [1.807, 2.05) is 30.3 Å². The highest BCUT2D eigenvalue weighted by Crippen LogP contribution is 2.33. The van der Waals surface area contributed by atoms with E-state index >= 15 is 0 Å². The number of amides is 1. The highest BCUT2D eigenvalue weighted by molar-refractivity contribution is 7.89. The first-order valence-electron chi connectivity index (χ1n) is 15.3. The zero-order valence-corrected chi connectivity index (χ0v) is 26.0. The fraction of sp³-hybridized carbons (Fsp3) is 0.548. The van der Waals surface area contributed by atoms with Gasteiger partial charge in [0.05, 0.1) is 55.9 Å². The largest absolute Gasteiger partial charge is 0.468 e. The molecular weight excluding hydrogens is 606 g/mol. The van der Waals surface area contributed by atoms with E-state index in [1.54, 1.807) is 12.1 Å². The van der Waals surface area contributed by atoms with E-state index in [-0.39, 0.29) is 36.5 Å². The Balaban J connectivity index is 1.34. The number of aliphatic hydroxyl groups excluding tert-OH is 1. The average molecular weight is 648 g/mol. The van der Waals surface area contributed by atoms with E-state index < -0.39 is 53.2 Å². The Hall–Kier alpha value is -3.27. The van der Waals surface area contributed by atoms with E-state index in [1.165, 1.54) is 19.2 Å². The second-order valence-corrected chi connectivity index (χ2v) is 13.3. The Morgan fingerprint density at radius 3 is 2.60 bits per heavy atom. The number of hydrogen-bond acceptors (Lipinski definition) is 11. The number of esters is 1. The van der Waals surface area contributed by atoms with E-state index in [9.17, 15) is 23.1 Å². The van der Waals surface area contributed by atoms with E-state index in [4.69, 9.17) is 19.0 Å². The molecule has 1 aliphatic carbocycles. The number of carbonyl (C=O) groups excluding carboxylic acids is 2. The monoisotopic (exact) mass is 647 g/mol. The second kappa shape index (κ2) is 15.3. The second-order valence-electron chi connectivity index (χ2n) is 11.4. The van der Waals surface area contributed by atoms with Crippen molar-refractivity contribution in [1.29, 1.82) is 0 Å². The third kappa shape index (κ3) is 8.71. The van der Waals surface area contributed by atoms with E-state index in [2.05, 4.69) is 15.4 Å². The summed E-state index contributed by atoms with van der Waals surface area (Å²) in [6.45, 7) is 0.137. The van der Waals surface area contributed by atoms with Gasteiger partial charge >= 0.3 is 12.1 Å². The first kappa shape index (κ1) is 33.1. The number of alkyl carbamates (subject to hydrolysis) is 1. The van der Waals surface area contributed by atoms with Crippen LogP contribution in [0.4, 0.5) is 10.5 Å². The molecule has 0 radical (unpaired) electrons. The van der Waals surface area contributed by atoms with Gasteiger partial charge in [-0.05, 0) is 49.4 Å². The van der Waals surface area contributed by atoms with Crippen molar-refractivity contribution in [2.45, 2.75) is 74.1 Å². The van der Waals surface area contributed by atoms with Crippen molar-refractivity contribution in [3.8, 4) is 0 Å². The summed E-state index contributed by atoms with van der Waals surface area (Å²) < 4.78 is 50.2. The van der Waals surface area contributed by atoms with Gasteiger partial charge in [0.25, 0.3) is 10.0 Å². The van der Waals surface area contributed by atoms with Gasteiger partial charge in [0.15, 0.2) is 6.29 Å². The predicted molar refractivity (Wildman–Crippen MR) is 161 cm³/mol. The summed E-state index contributed by atoms with van der Waals surface area (Å²) in [5.74, 6) is -0.573. The van der Waals surface area contributed by atoms with Crippen LogP contribution in [0.3, 0.4) is 0 Å². The fourth-order valence-corrected chi connectivity index (χ4v) is 7.14. The minimum Gasteiger partial charge on any atom is -0.468 e. The zero-order chi connectivity index (χ0) is 31.8. The van der Waals surface area contributed by atoms with Gasteiger partial charge in [0.1, 0.15) is 12.6 Å². The maximum Gasteiger partial charge on any atom is 0.407 e. The Morgan fingerprint density at radius 1 is 1.07 bits per heavy atom. The summed E-state index contributed by atoms with van der Waals surface area (Å²) in [6.07, 6.45) is 0.716. The van der Waals surface area contributed by atoms with Crippen molar-refractivity contribution in [3.63, 3.8) is 0 Å². The number of nitrogens with zero attached hydrogens (tertiary/aromatic N) is 1. The molecule has 0 aromatic heterocycles. The Kier molecular flexibility index (Phi) is 11.3. The molecule has 0 bridgehead atoms. The first-order chi connectivity index (χ1) is 21.7. The maximum atomic E-state index is 14.0. The fourth-order valence-electron chi connectivity index (χ4n) is 5.79. The van der Waals surface area contributed by atoms with Crippen LogP contribution < -0.4 is 10.6 Å². The van der Waals surface area contributed by atoms with Crippen molar-refractivity contribution in [2.75, 3.05) is 38.7 Å². The van der Waals surface area contributed by atoms with Crippen LogP contribution >= 0.6 is 0 Å². The molecule has 45 heavy (non-hydrogen) atoms. The van der Waals surface area contributed by atoms with Gasteiger partial charge in [-0.3, -0.25) is 9.63 Å². The Labute approximate surface area is 263 Å². The lowest BCUT2D eigenvalue weighted by molar-refractivity contribution is -0.145. The van der Waals surface area contributed by atoms with Crippen LogP contribution in [-0.4, -0.2) is 94.1 Å². The highest BCUT2D eigenvalue weighted by Gasteiger charge is 2.44. The van der Waals surface area contributed by atoms with Gasteiger partial charge in [-0.25, -0.2) is 13.2 Å². The van der Waals surface area contributed by atoms with E-state index in [0.717, 1.165) is 22.9 Å². The molecule has 2 aliphatic heterocycles. The third-order valence-electron chi connectivity index (χ3n) is 8.28. The predicted octanol–water partition coefficient (Wildman–Crippen LogP) is 2.60. The molecule has 2 aromatic rings. The SMILES string of the molecule is COC(=O)CNc1cccc(S(=O)(=O)N(C[C@@H](O)[C@H](Cc2ccccc2)NC(=O)O[C@@H]2CO[C@@H]3OCC[C@@H]32)OC2CCCC2)c1. The average Bonchev–Trinajstić information content (AvgIpc) is 3.81. The number of hydrogen-bond donors (Lipinski definition) is 3. The molecular formula is C31H41N3O10S. The van der Waals surface area contributed by atoms with Gasteiger partial charge in [0, 0.05) is 5.69 Å². The van der Waals surface area contributed by atoms with Crippen LogP contribution in [0.1, 0.15) is 37.7 Å². The standard InChI is InChI=1S/C31H41N3O10S/c1-40-29(36)18-32-22-10-7-13-24(17-22)45(38,39)34(44-23-11-5-6-12-23)19-27(35)26(16-21-8-3-2-4-9-21)33-31(37)43-28-20-42-30-25(28)14-15-41-30/h2-4,7-10,13,17,23,25-28,30,32,35H,5-6,11-12,14-16,18-20H2,1H3,(H,33,37)/t25-,26+,27-,28-,30+/m1/s1. The lowest BCUT2D eigenvalue weighted by atomic mass is 10.0. The summed E-state index contributed by atoms with van der Waals surface area (Å²) in [5.41, 5.74) is 1.21. The van der Waals surface area contributed by atoms with Crippen LogP contribution in [0.2, 0.25) is 0 Å². The number of methoxy groups -OCH3 is 1. The van der Waals surface area contributed by atoms with Crippen molar-refractivity contribution < 1.29 is 46.9 Å². The Bertz CT molecular complexity index is 1390. The number of nitrogens with one attached hydrogen (secondary N) is 2. The van der Waals surface area contributed by atoms with Crippen molar-refractivity contribution in [3.05, 3.63) is 60.2 Å². The number of sulfonamides is 1. The van der Waals surface area contributed by atoms with Crippen molar-refractivity contribution >= 4 is 27.8 Å².